The van der Waals surface area contributed by atoms with Gasteiger partial charge in [0.15, 0.2) is 4.32 Å². The van der Waals surface area contributed by atoms with Gasteiger partial charge in [0.2, 0.25) is 0 Å². The van der Waals surface area contributed by atoms with E-state index < -0.39 is 0 Å². The van der Waals surface area contributed by atoms with Crippen LogP contribution in [0.3, 0.4) is 0 Å². The molecule has 0 spiro atoms. The molecule has 4 nitrogen and oxygen atoms in total. The normalized spacial score (nSPS) is 14.8. The number of benzene rings is 3. The summed E-state index contributed by atoms with van der Waals surface area (Å²) in [6.07, 6.45) is 1.87. The number of amides is 1. The highest BCUT2D eigenvalue weighted by molar-refractivity contribution is 14.1. The number of halogens is 2. The van der Waals surface area contributed by atoms with E-state index in [0.29, 0.717) is 15.8 Å². The summed E-state index contributed by atoms with van der Waals surface area (Å²) in [5, 5.41) is 0. The highest BCUT2D eigenvalue weighted by Crippen LogP contribution is 2.39. The third kappa shape index (κ3) is 5.29. The first-order chi connectivity index (χ1) is 15.5. The van der Waals surface area contributed by atoms with Crippen LogP contribution < -0.4 is 14.4 Å². The van der Waals surface area contributed by atoms with Crippen molar-refractivity contribution in [1.82, 2.24) is 0 Å². The second kappa shape index (κ2) is 10.5. The van der Waals surface area contributed by atoms with Crippen LogP contribution in [-0.4, -0.2) is 17.3 Å². The molecule has 0 bridgehead atoms. The van der Waals surface area contributed by atoms with Gasteiger partial charge in [0, 0.05) is 9.13 Å². The average molecular weight is 685 g/mol. The van der Waals surface area contributed by atoms with Crippen LogP contribution in [0, 0.1) is 7.14 Å². The Bertz CT molecular complexity index is 1200. The van der Waals surface area contributed by atoms with Gasteiger partial charge in [-0.05, 0) is 93.2 Å². The lowest BCUT2D eigenvalue weighted by Crippen LogP contribution is -2.27. The van der Waals surface area contributed by atoms with Gasteiger partial charge in [-0.25, -0.2) is 0 Å². The molecule has 8 heteroatoms. The number of thiocarbonyl (C=S) groups is 1. The lowest BCUT2D eigenvalue weighted by atomic mass is 10.1. The minimum Gasteiger partial charge on any atom is -0.497 e. The Labute approximate surface area is 223 Å². The number of methoxy groups -OCH3 is 1. The maximum Gasteiger partial charge on any atom is 0.270 e. The Morgan fingerprint density at radius 2 is 1.78 bits per heavy atom. The highest BCUT2D eigenvalue weighted by Gasteiger charge is 2.33. The molecule has 3 aromatic carbocycles. The molecule has 162 valence electrons. The minimum atomic E-state index is -0.145. The Morgan fingerprint density at radius 1 is 1.06 bits per heavy atom. The predicted octanol–water partition coefficient (Wildman–Crippen LogP) is 6.89. The number of carbonyl (C=O) groups is 1. The van der Waals surface area contributed by atoms with Crippen molar-refractivity contribution in [3.8, 4) is 11.5 Å². The van der Waals surface area contributed by atoms with Gasteiger partial charge < -0.3 is 9.47 Å². The lowest BCUT2D eigenvalue weighted by Gasteiger charge is -2.15. The molecule has 0 saturated carbocycles. The molecule has 32 heavy (non-hydrogen) atoms. The van der Waals surface area contributed by atoms with Crippen LogP contribution in [0.25, 0.3) is 6.08 Å². The first-order valence-electron chi connectivity index (χ1n) is 9.54. The fraction of sp³-hybridized carbons (Fsp3) is 0.0833. The highest BCUT2D eigenvalue weighted by atomic mass is 127. The van der Waals surface area contributed by atoms with Crippen LogP contribution in [0.1, 0.15) is 11.1 Å². The van der Waals surface area contributed by atoms with Gasteiger partial charge >= 0.3 is 0 Å². The van der Waals surface area contributed by atoms with Gasteiger partial charge in [0.1, 0.15) is 18.1 Å². The molecule has 0 atom stereocenters. The molecule has 4 rings (SSSR count). The SMILES string of the molecule is COc1ccc(N2C(=O)/C(=C/c3cc(I)cc(I)c3OCc3ccccc3)SC2=S)cc1. The van der Waals surface area contributed by atoms with Crippen molar-refractivity contribution in [2.45, 2.75) is 6.61 Å². The summed E-state index contributed by atoms with van der Waals surface area (Å²) in [7, 11) is 1.61. The molecule has 0 aromatic heterocycles. The second-order valence-corrected chi connectivity index (χ2v) is 10.9. The van der Waals surface area contributed by atoms with Gasteiger partial charge in [0.25, 0.3) is 5.91 Å². The van der Waals surface area contributed by atoms with E-state index in [1.807, 2.05) is 66.7 Å². The summed E-state index contributed by atoms with van der Waals surface area (Å²) in [6.45, 7) is 0.449. The zero-order chi connectivity index (χ0) is 22.7. The van der Waals surface area contributed by atoms with Gasteiger partial charge in [-0.2, -0.15) is 0 Å². The smallest absolute Gasteiger partial charge is 0.270 e. The maximum atomic E-state index is 13.2. The predicted molar refractivity (Wildman–Crippen MR) is 151 cm³/mol. The van der Waals surface area contributed by atoms with Crippen molar-refractivity contribution in [3.05, 3.63) is 89.9 Å². The van der Waals surface area contributed by atoms with Crippen LogP contribution in [0.2, 0.25) is 0 Å². The molecule has 1 aliphatic heterocycles. The number of ether oxygens (including phenoxy) is 2. The van der Waals surface area contributed by atoms with Crippen molar-refractivity contribution < 1.29 is 14.3 Å². The van der Waals surface area contributed by atoms with Crippen molar-refractivity contribution in [2.24, 2.45) is 0 Å². The molecular formula is C24H17I2NO3S2. The topological polar surface area (TPSA) is 38.8 Å². The molecule has 0 N–H and O–H groups in total. The van der Waals surface area contributed by atoms with Gasteiger partial charge in [-0.15, -0.1) is 0 Å². The van der Waals surface area contributed by atoms with Crippen molar-refractivity contribution in [1.29, 1.82) is 0 Å². The molecule has 3 aromatic rings. The van der Waals surface area contributed by atoms with Crippen LogP contribution in [0.15, 0.2) is 71.6 Å². The lowest BCUT2D eigenvalue weighted by molar-refractivity contribution is -0.113. The number of anilines is 1. The van der Waals surface area contributed by atoms with E-state index >= 15 is 0 Å². The summed E-state index contributed by atoms with van der Waals surface area (Å²) in [6, 6.07) is 21.4. The first kappa shape index (κ1) is 23.5. The minimum absolute atomic E-state index is 0.145. The summed E-state index contributed by atoms with van der Waals surface area (Å²) < 4.78 is 13.9. The molecule has 0 radical (unpaired) electrons. The molecule has 0 unspecified atom stereocenters. The molecule has 1 aliphatic rings. The van der Waals surface area contributed by atoms with E-state index in [0.717, 1.165) is 35.5 Å². The maximum absolute atomic E-state index is 13.2. The van der Waals surface area contributed by atoms with E-state index in [2.05, 4.69) is 51.2 Å². The average Bonchev–Trinajstić information content (AvgIpc) is 3.06. The largest absolute Gasteiger partial charge is 0.497 e. The van der Waals surface area contributed by atoms with Crippen molar-refractivity contribution in [3.63, 3.8) is 0 Å². The first-order valence-corrected chi connectivity index (χ1v) is 12.9. The van der Waals surface area contributed by atoms with Crippen molar-refractivity contribution in [2.75, 3.05) is 12.0 Å². The quantitative estimate of drug-likeness (QED) is 0.161. The third-order valence-electron chi connectivity index (χ3n) is 4.67. The Balaban J connectivity index is 1.64. The number of nitrogens with zero attached hydrogens (tertiary/aromatic N) is 1. The summed E-state index contributed by atoms with van der Waals surface area (Å²) in [4.78, 5) is 15.3. The Hall–Kier alpha value is -1.63. The molecule has 1 heterocycles. The zero-order valence-corrected chi connectivity index (χ0v) is 22.8. The van der Waals surface area contributed by atoms with Crippen LogP contribution in [0.4, 0.5) is 5.69 Å². The summed E-state index contributed by atoms with van der Waals surface area (Å²) >= 11 is 11.4. The molecule has 1 fully saturated rings. The number of thioether (sulfide) groups is 1. The number of carbonyl (C=O) groups excluding carboxylic acids is 1. The summed E-state index contributed by atoms with van der Waals surface area (Å²) in [5.41, 5.74) is 2.65. The van der Waals surface area contributed by atoms with E-state index in [4.69, 9.17) is 21.7 Å². The van der Waals surface area contributed by atoms with Crippen LogP contribution >= 0.6 is 69.2 Å². The fourth-order valence-corrected chi connectivity index (χ4v) is 6.47. The van der Waals surface area contributed by atoms with Crippen LogP contribution in [0.5, 0.6) is 11.5 Å². The van der Waals surface area contributed by atoms with E-state index in [-0.39, 0.29) is 5.91 Å². The van der Waals surface area contributed by atoms with E-state index in [1.54, 1.807) is 12.0 Å². The molecule has 1 amide bonds. The van der Waals surface area contributed by atoms with Crippen molar-refractivity contribution >= 4 is 91.2 Å². The van der Waals surface area contributed by atoms with E-state index in [1.165, 1.54) is 11.8 Å². The molecule has 0 aliphatic carbocycles. The van der Waals surface area contributed by atoms with Gasteiger partial charge in [0.05, 0.1) is 21.3 Å². The van der Waals surface area contributed by atoms with E-state index in [9.17, 15) is 4.79 Å². The number of hydrogen-bond donors (Lipinski definition) is 0. The Kier molecular flexibility index (Phi) is 7.74. The number of rotatable bonds is 6. The fourth-order valence-electron chi connectivity index (χ4n) is 3.13. The van der Waals surface area contributed by atoms with Gasteiger partial charge in [-0.3, -0.25) is 9.69 Å². The van der Waals surface area contributed by atoms with Gasteiger partial charge in [-0.1, -0.05) is 54.3 Å². The zero-order valence-electron chi connectivity index (χ0n) is 16.9. The summed E-state index contributed by atoms with van der Waals surface area (Å²) in [5.74, 6) is 1.33. The standard InChI is InChI=1S/C24H17I2NO3S2/c1-29-19-9-7-18(8-10-19)27-23(28)21(32-24(27)31)12-16-11-17(25)13-20(26)22(16)30-14-15-5-3-2-4-6-15/h2-13H,14H2,1H3/b21-12-. The van der Waals surface area contributed by atoms with Crippen LogP contribution in [-0.2, 0) is 11.4 Å². The Morgan fingerprint density at radius 3 is 2.47 bits per heavy atom. The second-order valence-electron chi connectivity index (χ2n) is 6.80. The number of hydrogen-bond acceptors (Lipinski definition) is 5. The monoisotopic (exact) mass is 685 g/mol. The molecular weight excluding hydrogens is 668 g/mol. The molecule has 1 saturated heterocycles. The third-order valence-corrected chi connectivity index (χ3v) is 7.40.